The number of hydrogen-bond donors (Lipinski definition) is 1. The van der Waals surface area contributed by atoms with Gasteiger partial charge in [-0.2, -0.15) is 0 Å². The van der Waals surface area contributed by atoms with E-state index in [4.69, 9.17) is 5.73 Å². The van der Waals surface area contributed by atoms with Crippen LogP contribution in [0.3, 0.4) is 0 Å². The molecule has 0 radical (unpaired) electrons. The molecule has 1 aromatic heterocycles. The molecule has 0 saturated carbocycles. The number of hydrogen-bond acceptors (Lipinski definition) is 2. The van der Waals surface area contributed by atoms with Crippen molar-refractivity contribution < 1.29 is 0 Å². The third-order valence-electron chi connectivity index (χ3n) is 2.73. The molecule has 0 spiro atoms. The van der Waals surface area contributed by atoms with Crippen LogP contribution in [0.4, 0.5) is 0 Å². The van der Waals surface area contributed by atoms with Crippen molar-refractivity contribution in [2.24, 2.45) is 11.1 Å². The van der Waals surface area contributed by atoms with Crippen LogP contribution in [0.1, 0.15) is 31.1 Å². The molecule has 2 rings (SSSR count). The van der Waals surface area contributed by atoms with Gasteiger partial charge in [0.2, 0.25) is 0 Å². The van der Waals surface area contributed by atoms with E-state index < -0.39 is 0 Å². The summed E-state index contributed by atoms with van der Waals surface area (Å²) in [5, 5.41) is 0. The van der Waals surface area contributed by atoms with Crippen molar-refractivity contribution in [1.29, 1.82) is 0 Å². The summed E-state index contributed by atoms with van der Waals surface area (Å²) < 4.78 is 0. The molecule has 1 heterocycles. The highest BCUT2D eigenvalue weighted by Gasteiger charge is 2.36. The predicted octanol–water partition coefficient (Wildman–Crippen LogP) is 1.66. The largest absolute Gasteiger partial charge is 0.323 e. The average molecular weight is 162 g/mol. The van der Waals surface area contributed by atoms with E-state index in [2.05, 4.69) is 24.9 Å². The van der Waals surface area contributed by atoms with Gasteiger partial charge in [0.1, 0.15) is 0 Å². The molecule has 0 saturated heterocycles. The van der Waals surface area contributed by atoms with E-state index in [1.54, 1.807) is 0 Å². The summed E-state index contributed by atoms with van der Waals surface area (Å²) in [6, 6.07) is 4.20. The lowest BCUT2D eigenvalue weighted by Crippen LogP contribution is -2.24. The lowest BCUT2D eigenvalue weighted by Gasteiger charge is -2.22. The van der Waals surface area contributed by atoms with Crippen molar-refractivity contribution in [3.05, 3.63) is 29.6 Å². The summed E-state index contributed by atoms with van der Waals surface area (Å²) in [6.07, 6.45) is 2.84. The molecule has 0 bridgehead atoms. The SMILES string of the molecule is CC1(C)Cc2ncccc2C1N. The first kappa shape index (κ1) is 7.74. The summed E-state index contributed by atoms with van der Waals surface area (Å²) in [6.45, 7) is 4.39. The highest BCUT2D eigenvalue weighted by Crippen LogP contribution is 2.42. The van der Waals surface area contributed by atoms with Crippen LogP contribution in [0.5, 0.6) is 0 Å². The van der Waals surface area contributed by atoms with Gasteiger partial charge in [0.15, 0.2) is 0 Å². The van der Waals surface area contributed by atoms with E-state index in [0.717, 1.165) is 6.42 Å². The first-order valence-corrected chi connectivity index (χ1v) is 4.30. The fraction of sp³-hybridized carbons (Fsp3) is 0.500. The zero-order valence-corrected chi connectivity index (χ0v) is 7.54. The van der Waals surface area contributed by atoms with Gasteiger partial charge in [-0.25, -0.2) is 0 Å². The molecule has 1 aliphatic carbocycles. The minimum Gasteiger partial charge on any atom is -0.323 e. The van der Waals surface area contributed by atoms with Gasteiger partial charge < -0.3 is 5.73 Å². The number of fused-ring (bicyclic) bond motifs is 1. The molecule has 12 heavy (non-hydrogen) atoms. The predicted molar refractivity (Wildman–Crippen MR) is 48.7 cm³/mol. The second-order valence-electron chi connectivity index (χ2n) is 4.18. The number of aromatic nitrogens is 1. The number of pyridine rings is 1. The number of nitrogens with two attached hydrogens (primary N) is 1. The normalized spacial score (nSPS) is 25.4. The van der Waals surface area contributed by atoms with Crippen molar-refractivity contribution in [3.63, 3.8) is 0 Å². The molecule has 1 aromatic rings. The monoisotopic (exact) mass is 162 g/mol. The standard InChI is InChI=1S/C10H14N2/c1-10(2)6-8-7(9(10)11)4-3-5-12-8/h3-5,9H,6,11H2,1-2H3. The lowest BCUT2D eigenvalue weighted by atomic mass is 9.86. The minimum atomic E-state index is 0.154. The Labute approximate surface area is 72.8 Å². The maximum absolute atomic E-state index is 6.08. The van der Waals surface area contributed by atoms with Gasteiger partial charge in [-0.1, -0.05) is 19.9 Å². The number of nitrogens with zero attached hydrogens (tertiary/aromatic N) is 1. The smallest absolute Gasteiger partial charge is 0.0457 e. The molecule has 0 amide bonds. The van der Waals surface area contributed by atoms with Crippen molar-refractivity contribution in [2.75, 3.05) is 0 Å². The first-order valence-electron chi connectivity index (χ1n) is 4.30. The van der Waals surface area contributed by atoms with Gasteiger partial charge >= 0.3 is 0 Å². The molecule has 1 aliphatic rings. The van der Waals surface area contributed by atoms with Crippen molar-refractivity contribution in [1.82, 2.24) is 4.98 Å². The topological polar surface area (TPSA) is 38.9 Å². The van der Waals surface area contributed by atoms with Crippen molar-refractivity contribution >= 4 is 0 Å². The third kappa shape index (κ3) is 0.950. The first-order chi connectivity index (χ1) is 5.61. The van der Waals surface area contributed by atoms with Gasteiger partial charge in [-0.3, -0.25) is 4.98 Å². The molecule has 0 fully saturated rings. The van der Waals surface area contributed by atoms with Crippen LogP contribution in [0.25, 0.3) is 0 Å². The van der Waals surface area contributed by atoms with Crippen LogP contribution in [-0.2, 0) is 6.42 Å². The molecule has 2 N–H and O–H groups in total. The van der Waals surface area contributed by atoms with Crippen molar-refractivity contribution in [3.8, 4) is 0 Å². The Kier molecular flexibility index (Phi) is 1.48. The second-order valence-corrected chi connectivity index (χ2v) is 4.18. The molecule has 0 aromatic carbocycles. The summed E-state index contributed by atoms with van der Waals surface area (Å²) >= 11 is 0. The van der Waals surface area contributed by atoms with E-state index in [1.807, 2.05) is 12.3 Å². The van der Waals surface area contributed by atoms with E-state index in [9.17, 15) is 0 Å². The van der Waals surface area contributed by atoms with Gasteiger partial charge in [-0.05, 0) is 23.5 Å². The maximum Gasteiger partial charge on any atom is 0.0457 e. The van der Waals surface area contributed by atoms with Crippen LogP contribution in [0, 0.1) is 5.41 Å². The third-order valence-corrected chi connectivity index (χ3v) is 2.73. The highest BCUT2D eigenvalue weighted by atomic mass is 14.8. The molecule has 0 aliphatic heterocycles. The van der Waals surface area contributed by atoms with E-state index in [1.165, 1.54) is 11.3 Å². The zero-order chi connectivity index (χ0) is 8.77. The Bertz CT molecular complexity index is 304. The van der Waals surface area contributed by atoms with Gasteiger partial charge in [-0.15, -0.1) is 0 Å². The van der Waals surface area contributed by atoms with E-state index in [-0.39, 0.29) is 11.5 Å². The highest BCUT2D eigenvalue weighted by molar-refractivity contribution is 5.31. The Morgan fingerprint density at radius 2 is 2.33 bits per heavy atom. The Morgan fingerprint density at radius 3 is 3.00 bits per heavy atom. The van der Waals surface area contributed by atoms with Crippen LogP contribution in [0.2, 0.25) is 0 Å². The summed E-state index contributed by atoms with van der Waals surface area (Å²) in [5.41, 5.74) is 8.66. The maximum atomic E-state index is 6.08. The summed E-state index contributed by atoms with van der Waals surface area (Å²) in [5.74, 6) is 0. The van der Waals surface area contributed by atoms with Crippen LogP contribution in [-0.4, -0.2) is 4.98 Å². The quantitative estimate of drug-likeness (QED) is 0.630. The molecular formula is C10H14N2. The van der Waals surface area contributed by atoms with E-state index in [0.29, 0.717) is 0 Å². The number of rotatable bonds is 0. The fourth-order valence-corrected chi connectivity index (χ4v) is 1.84. The van der Waals surface area contributed by atoms with Crippen LogP contribution < -0.4 is 5.73 Å². The van der Waals surface area contributed by atoms with Gasteiger partial charge in [0.25, 0.3) is 0 Å². The van der Waals surface area contributed by atoms with Crippen LogP contribution in [0.15, 0.2) is 18.3 Å². The van der Waals surface area contributed by atoms with Gasteiger partial charge in [0.05, 0.1) is 0 Å². The summed E-state index contributed by atoms with van der Waals surface area (Å²) in [7, 11) is 0. The Hall–Kier alpha value is -0.890. The Balaban J connectivity index is 2.49. The lowest BCUT2D eigenvalue weighted by molar-refractivity contribution is 0.318. The molecule has 64 valence electrons. The molecule has 1 unspecified atom stereocenters. The van der Waals surface area contributed by atoms with E-state index >= 15 is 0 Å². The van der Waals surface area contributed by atoms with Crippen molar-refractivity contribution in [2.45, 2.75) is 26.3 Å². The molecular weight excluding hydrogens is 148 g/mol. The van der Waals surface area contributed by atoms with Crippen LogP contribution >= 0.6 is 0 Å². The van der Waals surface area contributed by atoms with Gasteiger partial charge in [0, 0.05) is 17.9 Å². The minimum absolute atomic E-state index is 0.154. The second kappa shape index (κ2) is 2.30. The fourth-order valence-electron chi connectivity index (χ4n) is 1.84. The Morgan fingerprint density at radius 1 is 1.58 bits per heavy atom. The molecule has 1 atom stereocenters. The molecule has 2 heteroatoms. The summed E-state index contributed by atoms with van der Waals surface area (Å²) in [4.78, 5) is 4.33. The zero-order valence-electron chi connectivity index (χ0n) is 7.54. The average Bonchev–Trinajstić information content (AvgIpc) is 2.24. The molecule has 2 nitrogen and oxygen atoms in total.